The summed E-state index contributed by atoms with van der Waals surface area (Å²) in [6, 6.07) is -0.549. The Labute approximate surface area is 80.5 Å². The van der Waals surface area contributed by atoms with Crippen molar-refractivity contribution in [3.05, 3.63) is 0 Å². The van der Waals surface area contributed by atoms with E-state index in [9.17, 15) is 14.4 Å². The molecule has 0 saturated carbocycles. The Hall–Kier alpha value is -1.43. The van der Waals surface area contributed by atoms with Gasteiger partial charge in [0.1, 0.15) is 6.42 Å². The van der Waals surface area contributed by atoms with Gasteiger partial charge in [-0.15, -0.1) is 0 Å². The first-order valence-corrected chi connectivity index (χ1v) is 4.19. The van der Waals surface area contributed by atoms with Gasteiger partial charge in [0.25, 0.3) is 0 Å². The lowest BCUT2D eigenvalue weighted by Crippen LogP contribution is -2.34. The third kappa shape index (κ3) is 2.81. The van der Waals surface area contributed by atoms with Crippen LogP contribution >= 0.6 is 0 Å². The van der Waals surface area contributed by atoms with Gasteiger partial charge < -0.3 is 5.32 Å². The van der Waals surface area contributed by atoms with Crippen LogP contribution in [0.25, 0.3) is 0 Å². The van der Waals surface area contributed by atoms with Crippen LogP contribution in [0.15, 0.2) is 0 Å². The number of carbonyl (C=O) groups excluding carboxylic acids is 3. The van der Waals surface area contributed by atoms with Crippen LogP contribution in [0.3, 0.4) is 0 Å². The molecule has 0 unspecified atom stereocenters. The molecule has 78 valence electrons. The molecule has 6 heteroatoms. The number of rotatable bonds is 4. The van der Waals surface area contributed by atoms with E-state index < -0.39 is 12.0 Å². The van der Waals surface area contributed by atoms with Crippen LogP contribution < -0.4 is 5.32 Å². The smallest absolute Gasteiger partial charge is 0.346 e. The second-order valence-corrected chi connectivity index (χ2v) is 2.92. The van der Waals surface area contributed by atoms with Gasteiger partial charge in [-0.25, -0.2) is 4.79 Å². The molecule has 0 aliphatic carbocycles. The summed E-state index contributed by atoms with van der Waals surface area (Å²) in [4.78, 5) is 41.1. The van der Waals surface area contributed by atoms with Gasteiger partial charge in [0.2, 0.25) is 5.91 Å². The fraction of sp³-hybridized carbons (Fsp3) is 0.625. The van der Waals surface area contributed by atoms with E-state index in [4.69, 9.17) is 0 Å². The molecule has 6 nitrogen and oxygen atoms in total. The average molecular weight is 201 g/mol. The molecule has 1 fully saturated rings. The molecular weight excluding hydrogens is 190 g/mol. The lowest BCUT2D eigenvalue weighted by Gasteiger charge is -2.06. The van der Waals surface area contributed by atoms with E-state index >= 15 is 0 Å². The third-order valence-electron chi connectivity index (χ3n) is 1.88. The van der Waals surface area contributed by atoms with Crippen LogP contribution in [0.2, 0.25) is 0 Å². The minimum atomic E-state index is -0.751. The highest BCUT2D eigenvalue weighted by Gasteiger charge is 2.28. The number of nitrogens with one attached hydrogen (secondary N) is 1. The summed E-state index contributed by atoms with van der Waals surface area (Å²) < 4.78 is 0. The van der Waals surface area contributed by atoms with Crippen molar-refractivity contribution in [2.24, 2.45) is 0 Å². The monoisotopic (exact) mass is 201 g/mol. The fourth-order valence-corrected chi connectivity index (χ4v) is 1.24. The number of Topliss-reactive ketones (excluding diaryl/α,β-unsaturated/α-hetero) is 1. The van der Waals surface area contributed by atoms with Gasteiger partial charge in [-0.3, -0.25) is 14.5 Å². The number of carbonyl (C=O) groups is 3. The Bertz CT molecular complexity index is 262. The molecule has 1 aliphatic heterocycles. The van der Waals surface area contributed by atoms with Gasteiger partial charge in [-0.05, 0) is 6.42 Å². The SMILES string of the molecule is COOC(=O)CC(=O)[C@@H]1CCC(=O)N1. The van der Waals surface area contributed by atoms with Crippen molar-refractivity contribution in [2.75, 3.05) is 7.11 Å². The zero-order chi connectivity index (χ0) is 10.6. The summed E-state index contributed by atoms with van der Waals surface area (Å²) in [5.74, 6) is -1.26. The normalized spacial score (nSPS) is 20.4. The summed E-state index contributed by atoms with van der Waals surface area (Å²) in [6.07, 6.45) is 0.395. The van der Waals surface area contributed by atoms with Crippen molar-refractivity contribution in [1.29, 1.82) is 0 Å². The molecule has 1 atom stereocenters. The zero-order valence-electron chi connectivity index (χ0n) is 7.74. The van der Waals surface area contributed by atoms with Crippen molar-refractivity contribution >= 4 is 17.7 Å². The fourth-order valence-electron chi connectivity index (χ4n) is 1.24. The Morgan fingerprint density at radius 3 is 2.79 bits per heavy atom. The third-order valence-corrected chi connectivity index (χ3v) is 1.88. The molecule has 14 heavy (non-hydrogen) atoms. The minimum absolute atomic E-state index is 0.163. The van der Waals surface area contributed by atoms with Crippen LogP contribution in [0, 0.1) is 0 Å². The molecule has 1 heterocycles. The van der Waals surface area contributed by atoms with Gasteiger partial charge >= 0.3 is 5.97 Å². The molecule has 1 amide bonds. The van der Waals surface area contributed by atoms with Crippen LogP contribution in [0.5, 0.6) is 0 Å². The molecule has 0 bridgehead atoms. The van der Waals surface area contributed by atoms with E-state index in [1.807, 2.05) is 0 Å². The Kier molecular flexibility index (Phi) is 3.58. The highest BCUT2D eigenvalue weighted by molar-refractivity contribution is 6.01. The number of hydrogen-bond donors (Lipinski definition) is 1. The second kappa shape index (κ2) is 4.71. The molecule has 0 spiro atoms. The van der Waals surface area contributed by atoms with E-state index in [1.165, 1.54) is 7.11 Å². The van der Waals surface area contributed by atoms with E-state index in [0.29, 0.717) is 12.8 Å². The van der Waals surface area contributed by atoms with Crippen LogP contribution in [-0.4, -0.2) is 30.8 Å². The molecular formula is C8H11NO5. The summed E-state index contributed by atoms with van der Waals surface area (Å²) in [5.41, 5.74) is 0. The van der Waals surface area contributed by atoms with Crippen molar-refractivity contribution in [3.63, 3.8) is 0 Å². The molecule has 0 radical (unpaired) electrons. The molecule has 1 saturated heterocycles. The molecule has 1 rings (SSSR count). The highest BCUT2D eigenvalue weighted by Crippen LogP contribution is 2.09. The predicted molar refractivity (Wildman–Crippen MR) is 43.9 cm³/mol. The van der Waals surface area contributed by atoms with Gasteiger partial charge in [-0.2, -0.15) is 4.89 Å². The maximum atomic E-state index is 11.3. The summed E-state index contributed by atoms with van der Waals surface area (Å²) in [7, 11) is 1.18. The van der Waals surface area contributed by atoms with E-state index in [0.717, 1.165) is 0 Å². The van der Waals surface area contributed by atoms with Crippen LogP contribution in [0.4, 0.5) is 0 Å². The van der Waals surface area contributed by atoms with Crippen molar-refractivity contribution in [2.45, 2.75) is 25.3 Å². The van der Waals surface area contributed by atoms with E-state index in [1.54, 1.807) is 0 Å². The standard InChI is InChI=1S/C8H11NO5/c1-13-14-8(12)4-6(10)5-2-3-7(11)9-5/h5H,2-4H2,1H3,(H,9,11)/t5-/m0/s1. The van der Waals surface area contributed by atoms with Gasteiger partial charge in [0, 0.05) is 6.42 Å². The van der Waals surface area contributed by atoms with Gasteiger partial charge in [0.05, 0.1) is 13.2 Å². The molecule has 0 aromatic heterocycles. The average Bonchev–Trinajstić information content (AvgIpc) is 2.52. The lowest BCUT2D eigenvalue weighted by molar-refractivity contribution is -0.254. The van der Waals surface area contributed by atoms with Crippen LogP contribution in [-0.2, 0) is 24.2 Å². The Morgan fingerprint density at radius 1 is 1.57 bits per heavy atom. The lowest BCUT2D eigenvalue weighted by atomic mass is 10.1. The molecule has 0 aromatic rings. The highest BCUT2D eigenvalue weighted by atomic mass is 17.2. The maximum absolute atomic E-state index is 11.3. The number of amides is 1. The number of ketones is 1. The maximum Gasteiger partial charge on any atom is 0.349 e. The second-order valence-electron chi connectivity index (χ2n) is 2.92. The first-order valence-electron chi connectivity index (χ1n) is 4.19. The Balaban J connectivity index is 2.35. The largest absolute Gasteiger partial charge is 0.349 e. The van der Waals surface area contributed by atoms with Crippen LogP contribution in [0.1, 0.15) is 19.3 Å². The first kappa shape index (κ1) is 10.6. The summed E-state index contributed by atoms with van der Waals surface area (Å²) in [5, 5.41) is 2.46. The van der Waals surface area contributed by atoms with Crippen molar-refractivity contribution in [3.8, 4) is 0 Å². The van der Waals surface area contributed by atoms with E-state index in [-0.39, 0.29) is 18.1 Å². The summed E-state index contributed by atoms with van der Waals surface area (Å²) in [6.45, 7) is 0. The summed E-state index contributed by atoms with van der Waals surface area (Å²) >= 11 is 0. The number of hydrogen-bond acceptors (Lipinski definition) is 5. The topological polar surface area (TPSA) is 81.7 Å². The predicted octanol–water partition coefficient (Wildman–Crippen LogP) is -0.671. The minimum Gasteiger partial charge on any atom is -0.346 e. The first-order chi connectivity index (χ1) is 6.63. The molecule has 0 aromatic carbocycles. The molecule has 1 aliphatic rings. The zero-order valence-corrected chi connectivity index (χ0v) is 7.74. The van der Waals surface area contributed by atoms with E-state index in [2.05, 4.69) is 15.1 Å². The van der Waals surface area contributed by atoms with Crippen molar-refractivity contribution in [1.82, 2.24) is 5.32 Å². The van der Waals surface area contributed by atoms with Gasteiger partial charge in [-0.1, -0.05) is 0 Å². The molecule has 1 N–H and O–H groups in total. The Morgan fingerprint density at radius 2 is 2.29 bits per heavy atom. The van der Waals surface area contributed by atoms with Gasteiger partial charge in [0.15, 0.2) is 5.78 Å². The van der Waals surface area contributed by atoms with Crippen molar-refractivity contribution < 1.29 is 24.2 Å². The quantitative estimate of drug-likeness (QED) is 0.370.